The van der Waals surface area contributed by atoms with E-state index >= 15 is 0 Å². The third-order valence-electron chi connectivity index (χ3n) is 3.51. The number of para-hydroxylation sites is 1. The van der Waals surface area contributed by atoms with Gasteiger partial charge in [-0.2, -0.15) is 0 Å². The second kappa shape index (κ2) is 6.83. The minimum atomic E-state index is -0.0219. The molecular weight excluding hydrogens is 330 g/mol. The number of benzene rings is 2. The maximum atomic E-state index is 12.3. The van der Waals surface area contributed by atoms with Crippen molar-refractivity contribution in [3.63, 3.8) is 0 Å². The first kappa shape index (κ1) is 16.2. The molecule has 0 saturated carbocycles. The minimum absolute atomic E-state index is 0.0219. The quantitative estimate of drug-likeness (QED) is 0.909. The maximum Gasteiger partial charge on any atom is 0.240 e. The van der Waals surface area contributed by atoms with Crippen LogP contribution < -0.4 is 10.4 Å². The maximum absolute atomic E-state index is 12.3. The number of halogens is 1. The molecule has 1 amide bonds. The van der Waals surface area contributed by atoms with Crippen molar-refractivity contribution >= 4 is 40.6 Å². The van der Waals surface area contributed by atoms with Crippen molar-refractivity contribution in [1.29, 1.82) is 0 Å². The Balaban J connectivity index is 1.92. The topological polar surface area (TPSA) is 35.6 Å². The van der Waals surface area contributed by atoms with E-state index in [4.69, 9.17) is 11.6 Å². The third kappa shape index (κ3) is 3.63. The van der Waals surface area contributed by atoms with Crippen LogP contribution in [0.1, 0.15) is 6.42 Å². The van der Waals surface area contributed by atoms with Gasteiger partial charge in [0.05, 0.1) is 11.4 Å². The molecule has 0 radical (unpaired) electrons. The summed E-state index contributed by atoms with van der Waals surface area (Å²) in [5.74, 6) is -0.0219. The van der Waals surface area contributed by atoms with Crippen LogP contribution in [0, 0.1) is 0 Å². The molecule has 1 N–H and O–H groups in total. The van der Waals surface area contributed by atoms with Gasteiger partial charge in [-0.15, -0.1) is 0 Å². The highest BCUT2D eigenvalue weighted by atomic mass is 35.5. The summed E-state index contributed by atoms with van der Waals surface area (Å²) >= 11 is 7.83. The summed E-state index contributed by atoms with van der Waals surface area (Å²) in [5, 5.41) is 2.49. The Morgan fingerprint density at radius 3 is 2.70 bits per heavy atom. The molecular formula is C17H18ClN3OS. The summed E-state index contributed by atoms with van der Waals surface area (Å²) in [6.07, 6.45) is 0.439. The minimum Gasteiger partial charge on any atom is -0.309 e. The second-order valence-corrected chi connectivity index (χ2v) is 7.13. The van der Waals surface area contributed by atoms with Crippen molar-refractivity contribution in [2.45, 2.75) is 16.2 Å². The van der Waals surface area contributed by atoms with Crippen LogP contribution in [-0.4, -0.2) is 31.4 Å². The van der Waals surface area contributed by atoms with Crippen molar-refractivity contribution in [2.24, 2.45) is 0 Å². The molecule has 0 fully saturated rings. The fourth-order valence-corrected chi connectivity index (χ4v) is 3.56. The van der Waals surface area contributed by atoms with Crippen molar-refractivity contribution in [2.75, 3.05) is 25.6 Å². The molecule has 0 unspecified atom stereocenters. The van der Waals surface area contributed by atoms with Crippen LogP contribution in [0.4, 0.5) is 11.4 Å². The zero-order chi connectivity index (χ0) is 16.4. The van der Waals surface area contributed by atoms with Crippen LogP contribution >= 0.6 is 23.4 Å². The molecule has 0 aromatic heterocycles. The lowest BCUT2D eigenvalue weighted by molar-refractivity contribution is -0.121. The number of amides is 1. The van der Waals surface area contributed by atoms with E-state index in [1.165, 1.54) is 0 Å². The number of carbonyl (C=O) groups is 1. The van der Waals surface area contributed by atoms with E-state index in [0.717, 1.165) is 21.2 Å². The first-order valence-electron chi connectivity index (χ1n) is 7.35. The standard InChI is InChI=1S/C17H18ClN3OS/c1-20(2)10-9-17(22)19-21-13-5-3-4-6-15(13)23-16-8-7-12(18)11-14(16)21/h3-8,11H,9-10H2,1-2H3,(H,19,22). The van der Waals surface area contributed by atoms with Crippen LogP contribution in [0.25, 0.3) is 0 Å². The largest absolute Gasteiger partial charge is 0.309 e. The molecule has 2 aromatic rings. The molecule has 0 atom stereocenters. The fourth-order valence-electron chi connectivity index (χ4n) is 2.35. The molecule has 120 valence electrons. The predicted octanol–water partition coefficient (Wildman–Crippen LogP) is 3.93. The molecule has 1 aliphatic heterocycles. The van der Waals surface area contributed by atoms with Gasteiger partial charge in [0.2, 0.25) is 5.91 Å². The fraction of sp³-hybridized carbons (Fsp3) is 0.235. The Bertz CT molecular complexity index is 736. The Kier molecular flexibility index (Phi) is 4.80. The van der Waals surface area contributed by atoms with Gasteiger partial charge in [-0.25, -0.2) is 0 Å². The first-order chi connectivity index (χ1) is 11.0. The summed E-state index contributed by atoms with van der Waals surface area (Å²) in [5.41, 5.74) is 4.88. The van der Waals surface area contributed by atoms with Crippen molar-refractivity contribution in [3.05, 3.63) is 47.5 Å². The van der Waals surface area contributed by atoms with Gasteiger partial charge in [-0.05, 0) is 44.4 Å². The van der Waals surface area contributed by atoms with Gasteiger partial charge in [0, 0.05) is 27.8 Å². The van der Waals surface area contributed by atoms with Crippen molar-refractivity contribution in [1.82, 2.24) is 10.3 Å². The second-order valence-electron chi connectivity index (χ2n) is 5.61. The lowest BCUT2D eigenvalue weighted by Crippen LogP contribution is -2.41. The van der Waals surface area contributed by atoms with E-state index in [1.807, 2.05) is 60.4 Å². The molecule has 4 nitrogen and oxygen atoms in total. The van der Waals surface area contributed by atoms with Crippen molar-refractivity contribution in [3.8, 4) is 0 Å². The number of hydrogen-bond donors (Lipinski definition) is 1. The Morgan fingerprint density at radius 2 is 1.91 bits per heavy atom. The monoisotopic (exact) mass is 347 g/mol. The van der Waals surface area contributed by atoms with E-state index in [-0.39, 0.29) is 5.91 Å². The van der Waals surface area contributed by atoms with Gasteiger partial charge in [-0.1, -0.05) is 35.5 Å². The Morgan fingerprint density at radius 1 is 1.17 bits per heavy atom. The van der Waals surface area contributed by atoms with Gasteiger partial charge in [-0.3, -0.25) is 15.2 Å². The highest BCUT2D eigenvalue weighted by Gasteiger charge is 2.24. The third-order valence-corrected chi connectivity index (χ3v) is 4.88. The average molecular weight is 348 g/mol. The number of carbonyl (C=O) groups excluding carboxylic acids is 1. The number of hydrogen-bond acceptors (Lipinski definition) is 4. The highest BCUT2D eigenvalue weighted by Crippen LogP contribution is 2.47. The lowest BCUT2D eigenvalue weighted by atomic mass is 10.2. The summed E-state index contributed by atoms with van der Waals surface area (Å²) in [6, 6.07) is 13.7. The predicted molar refractivity (Wildman–Crippen MR) is 95.5 cm³/mol. The Labute approximate surface area is 145 Å². The first-order valence-corrected chi connectivity index (χ1v) is 8.55. The van der Waals surface area contributed by atoms with Crippen LogP contribution in [0.15, 0.2) is 52.3 Å². The zero-order valence-corrected chi connectivity index (χ0v) is 14.6. The summed E-state index contributed by atoms with van der Waals surface area (Å²) in [7, 11) is 3.91. The number of rotatable bonds is 4. The molecule has 0 spiro atoms. The number of nitrogens with one attached hydrogen (secondary N) is 1. The molecule has 1 heterocycles. The van der Waals surface area contributed by atoms with Gasteiger partial charge < -0.3 is 4.90 Å². The zero-order valence-electron chi connectivity index (χ0n) is 13.0. The van der Waals surface area contributed by atoms with E-state index in [9.17, 15) is 4.79 Å². The molecule has 3 rings (SSSR count). The summed E-state index contributed by atoms with van der Waals surface area (Å²) in [6.45, 7) is 0.707. The number of fused-ring (bicyclic) bond motifs is 2. The smallest absolute Gasteiger partial charge is 0.240 e. The van der Waals surface area contributed by atoms with Gasteiger partial charge >= 0.3 is 0 Å². The summed E-state index contributed by atoms with van der Waals surface area (Å²) in [4.78, 5) is 16.5. The highest BCUT2D eigenvalue weighted by molar-refractivity contribution is 7.99. The van der Waals surface area contributed by atoms with Crippen LogP contribution in [0.3, 0.4) is 0 Å². The molecule has 0 saturated heterocycles. The van der Waals surface area contributed by atoms with Crippen LogP contribution in [0.5, 0.6) is 0 Å². The molecule has 0 bridgehead atoms. The van der Waals surface area contributed by atoms with Gasteiger partial charge in [0.1, 0.15) is 0 Å². The molecule has 2 aromatic carbocycles. The number of anilines is 2. The Hall–Kier alpha value is -1.69. The van der Waals surface area contributed by atoms with E-state index in [0.29, 0.717) is 18.0 Å². The average Bonchev–Trinajstić information content (AvgIpc) is 2.53. The van der Waals surface area contributed by atoms with Crippen molar-refractivity contribution < 1.29 is 4.79 Å². The van der Waals surface area contributed by atoms with E-state index in [1.54, 1.807) is 11.8 Å². The number of nitrogens with zero attached hydrogens (tertiary/aromatic N) is 2. The lowest BCUT2D eigenvalue weighted by Gasteiger charge is -2.32. The molecule has 23 heavy (non-hydrogen) atoms. The van der Waals surface area contributed by atoms with Crippen LogP contribution in [-0.2, 0) is 4.79 Å². The van der Waals surface area contributed by atoms with Gasteiger partial charge in [0.15, 0.2) is 0 Å². The van der Waals surface area contributed by atoms with Crippen LogP contribution in [0.2, 0.25) is 5.02 Å². The summed E-state index contributed by atoms with van der Waals surface area (Å²) < 4.78 is 0. The SMILES string of the molecule is CN(C)CCC(=O)NN1c2ccccc2Sc2ccc(Cl)cc21. The van der Waals surface area contributed by atoms with E-state index < -0.39 is 0 Å². The molecule has 6 heteroatoms. The molecule has 0 aliphatic carbocycles. The van der Waals surface area contributed by atoms with E-state index in [2.05, 4.69) is 11.5 Å². The molecule has 1 aliphatic rings. The number of hydrazine groups is 1. The van der Waals surface area contributed by atoms with Gasteiger partial charge in [0.25, 0.3) is 0 Å². The normalized spacial score (nSPS) is 12.8.